The van der Waals surface area contributed by atoms with Crippen LogP contribution in [0, 0.1) is 6.92 Å². The molecule has 0 spiro atoms. The van der Waals surface area contributed by atoms with E-state index in [4.69, 9.17) is 4.74 Å². The van der Waals surface area contributed by atoms with E-state index in [1.807, 2.05) is 31.2 Å². The van der Waals surface area contributed by atoms with Crippen molar-refractivity contribution in [3.63, 3.8) is 0 Å². The Bertz CT molecular complexity index is 1070. The first-order chi connectivity index (χ1) is 14.5. The smallest absolute Gasteiger partial charge is 0.264 e. The van der Waals surface area contributed by atoms with Gasteiger partial charge in [-0.2, -0.15) is 0 Å². The molecule has 0 aliphatic carbocycles. The molecule has 6 nitrogen and oxygen atoms in total. The van der Waals surface area contributed by atoms with E-state index in [9.17, 15) is 13.2 Å². The normalized spacial score (nSPS) is 11.0. The van der Waals surface area contributed by atoms with Crippen LogP contribution in [0.15, 0.2) is 89.8 Å². The lowest BCUT2D eigenvalue weighted by Crippen LogP contribution is -2.41. The van der Waals surface area contributed by atoms with Gasteiger partial charge in [-0.3, -0.25) is 9.10 Å². The van der Waals surface area contributed by atoms with Crippen LogP contribution < -0.4 is 14.4 Å². The van der Waals surface area contributed by atoms with Crippen molar-refractivity contribution in [1.82, 2.24) is 5.32 Å². The number of hydrogen-bond donors (Lipinski definition) is 1. The van der Waals surface area contributed by atoms with Crippen molar-refractivity contribution in [1.29, 1.82) is 0 Å². The third-order valence-electron chi connectivity index (χ3n) is 4.44. The first-order valence-electron chi connectivity index (χ1n) is 9.56. The summed E-state index contributed by atoms with van der Waals surface area (Å²) in [6, 6.07) is 24.3. The Morgan fingerprint density at radius 1 is 0.900 bits per heavy atom. The average Bonchev–Trinajstić information content (AvgIpc) is 2.77. The average molecular weight is 425 g/mol. The lowest BCUT2D eigenvalue weighted by atomic mass is 10.2. The minimum absolute atomic E-state index is 0.129. The fraction of sp³-hybridized carbons (Fsp3) is 0.174. The molecule has 1 N–H and O–H groups in total. The summed E-state index contributed by atoms with van der Waals surface area (Å²) in [6.07, 6.45) is 0. The predicted octanol–water partition coefficient (Wildman–Crippen LogP) is 3.39. The zero-order valence-corrected chi connectivity index (χ0v) is 17.5. The molecule has 7 heteroatoms. The van der Waals surface area contributed by atoms with Crippen molar-refractivity contribution in [2.75, 3.05) is 24.0 Å². The summed E-state index contributed by atoms with van der Waals surface area (Å²) in [7, 11) is -3.89. The van der Waals surface area contributed by atoms with E-state index in [-0.39, 0.29) is 24.6 Å². The van der Waals surface area contributed by atoms with E-state index in [1.165, 1.54) is 12.1 Å². The molecule has 156 valence electrons. The van der Waals surface area contributed by atoms with E-state index >= 15 is 0 Å². The number of sulfonamides is 1. The van der Waals surface area contributed by atoms with Crippen molar-refractivity contribution < 1.29 is 17.9 Å². The molecule has 0 bridgehead atoms. The van der Waals surface area contributed by atoms with Crippen molar-refractivity contribution in [2.45, 2.75) is 11.8 Å². The molecule has 0 aromatic heterocycles. The Kier molecular flexibility index (Phi) is 7.08. The highest BCUT2D eigenvalue weighted by Crippen LogP contribution is 2.23. The van der Waals surface area contributed by atoms with Gasteiger partial charge in [-0.25, -0.2) is 8.42 Å². The largest absolute Gasteiger partial charge is 0.491 e. The van der Waals surface area contributed by atoms with Gasteiger partial charge < -0.3 is 10.1 Å². The van der Waals surface area contributed by atoms with E-state index in [1.54, 1.807) is 48.5 Å². The Morgan fingerprint density at radius 2 is 1.50 bits per heavy atom. The van der Waals surface area contributed by atoms with Gasteiger partial charge in [-0.1, -0.05) is 54.6 Å². The third kappa shape index (κ3) is 5.39. The van der Waals surface area contributed by atoms with Gasteiger partial charge in [-0.15, -0.1) is 0 Å². The monoisotopic (exact) mass is 424 g/mol. The Hall–Kier alpha value is -3.32. The molecule has 0 atom stereocenters. The second-order valence-electron chi connectivity index (χ2n) is 6.62. The van der Waals surface area contributed by atoms with Crippen LogP contribution in [0.25, 0.3) is 0 Å². The molecule has 3 aromatic carbocycles. The standard InChI is InChI=1S/C23H24N2O4S/c1-19-10-8-9-15-22(19)29-17-16-24-23(26)18-25(20-11-4-2-5-12-20)30(27,28)21-13-6-3-7-14-21/h2-15H,16-18H2,1H3,(H,24,26). The molecule has 1 amide bonds. The zero-order chi connectivity index (χ0) is 21.4. The number of nitrogens with one attached hydrogen (secondary N) is 1. The molecule has 3 rings (SSSR count). The van der Waals surface area contributed by atoms with Crippen molar-refractivity contribution in [3.8, 4) is 5.75 Å². The molecule has 0 saturated carbocycles. The Balaban J connectivity index is 1.66. The number of aryl methyl sites for hydroxylation is 1. The minimum Gasteiger partial charge on any atom is -0.491 e. The Morgan fingerprint density at radius 3 is 2.17 bits per heavy atom. The van der Waals surface area contributed by atoms with E-state index < -0.39 is 15.9 Å². The van der Waals surface area contributed by atoms with Gasteiger partial charge in [0.25, 0.3) is 10.0 Å². The number of nitrogens with zero attached hydrogens (tertiary/aromatic N) is 1. The van der Waals surface area contributed by atoms with Gasteiger partial charge in [0.2, 0.25) is 5.91 Å². The summed E-state index contributed by atoms with van der Waals surface area (Å²) >= 11 is 0. The number of carbonyl (C=O) groups is 1. The number of carbonyl (C=O) groups excluding carboxylic acids is 1. The Labute approximate surface area is 177 Å². The molecule has 0 saturated heterocycles. The fourth-order valence-corrected chi connectivity index (χ4v) is 4.33. The second kappa shape index (κ2) is 9.93. The molecular formula is C23H24N2O4S. The van der Waals surface area contributed by atoms with Crippen molar-refractivity contribution in [3.05, 3.63) is 90.5 Å². The molecule has 3 aromatic rings. The molecule has 0 aliphatic heterocycles. The molecule has 30 heavy (non-hydrogen) atoms. The van der Waals surface area contributed by atoms with Crippen molar-refractivity contribution in [2.24, 2.45) is 0 Å². The highest BCUT2D eigenvalue weighted by Gasteiger charge is 2.26. The highest BCUT2D eigenvalue weighted by atomic mass is 32.2. The van der Waals surface area contributed by atoms with Gasteiger partial charge in [-0.05, 0) is 42.8 Å². The van der Waals surface area contributed by atoms with E-state index in [2.05, 4.69) is 5.32 Å². The van der Waals surface area contributed by atoms with Crippen LogP contribution in [0.1, 0.15) is 5.56 Å². The first-order valence-corrected chi connectivity index (χ1v) is 11.0. The number of rotatable bonds is 9. The zero-order valence-electron chi connectivity index (χ0n) is 16.7. The summed E-state index contributed by atoms with van der Waals surface area (Å²) in [6.45, 7) is 2.17. The summed E-state index contributed by atoms with van der Waals surface area (Å²) in [4.78, 5) is 12.6. The summed E-state index contributed by atoms with van der Waals surface area (Å²) in [5.41, 5.74) is 1.43. The second-order valence-corrected chi connectivity index (χ2v) is 8.49. The highest BCUT2D eigenvalue weighted by molar-refractivity contribution is 7.92. The van der Waals surface area contributed by atoms with Gasteiger partial charge >= 0.3 is 0 Å². The van der Waals surface area contributed by atoms with Crippen LogP contribution in [-0.2, 0) is 14.8 Å². The molecule has 0 fully saturated rings. The number of para-hydroxylation sites is 2. The molecule has 0 radical (unpaired) electrons. The maximum absolute atomic E-state index is 13.1. The molecule has 0 heterocycles. The van der Waals surface area contributed by atoms with Gasteiger partial charge in [0.1, 0.15) is 18.9 Å². The number of benzene rings is 3. The number of anilines is 1. The third-order valence-corrected chi connectivity index (χ3v) is 6.23. The predicted molar refractivity (Wildman–Crippen MR) is 117 cm³/mol. The summed E-state index contributed by atoms with van der Waals surface area (Å²) in [5, 5.41) is 2.73. The van der Waals surface area contributed by atoms with Gasteiger partial charge in [0.15, 0.2) is 0 Å². The molecule has 0 aliphatic rings. The lowest BCUT2D eigenvalue weighted by molar-refractivity contribution is -0.119. The van der Waals surface area contributed by atoms with Gasteiger partial charge in [0.05, 0.1) is 17.1 Å². The van der Waals surface area contributed by atoms with E-state index in [0.717, 1.165) is 15.6 Å². The minimum atomic E-state index is -3.89. The van der Waals surface area contributed by atoms with Crippen molar-refractivity contribution >= 4 is 21.6 Å². The van der Waals surface area contributed by atoms with Crippen LogP contribution in [0.3, 0.4) is 0 Å². The summed E-state index contributed by atoms with van der Waals surface area (Å²) < 4.78 is 33.1. The number of amides is 1. The topological polar surface area (TPSA) is 75.7 Å². The van der Waals surface area contributed by atoms with E-state index in [0.29, 0.717) is 5.69 Å². The number of ether oxygens (including phenoxy) is 1. The quantitative estimate of drug-likeness (QED) is 0.534. The van der Waals surface area contributed by atoms with Gasteiger partial charge in [0, 0.05) is 0 Å². The fourth-order valence-electron chi connectivity index (χ4n) is 2.89. The van der Waals surface area contributed by atoms with Crippen LogP contribution in [-0.4, -0.2) is 34.0 Å². The molecular weight excluding hydrogens is 400 g/mol. The maximum Gasteiger partial charge on any atom is 0.264 e. The lowest BCUT2D eigenvalue weighted by Gasteiger charge is -2.24. The maximum atomic E-state index is 13.1. The van der Waals surface area contributed by atoms with Crippen LogP contribution >= 0.6 is 0 Å². The SMILES string of the molecule is Cc1ccccc1OCCNC(=O)CN(c1ccccc1)S(=O)(=O)c1ccccc1. The van der Waals surface area contributed by atoms with Crippen LogP contribution in [0.5, 0.6) is 5.75 Å². The first kappa shape index (κ1) is 21.4. The molecule has 0 unspecified atom stereocenters. The number of hydrogen-bond acceptors (Lipinski definition) is 4. The van der Waals surface area contributed by atoms with Crippen LogP contribution in [0.4, 0.5) is 5.69 Å². The summed E-state index contributed by atoms with van der Waals surface area (Å²) in [5.74, 6) is 0.344. The van der Waals surface area contributed by atoms with Crippen LogP contribution in [0.2, 0.25) is 0 Å².